The standard InChI is InChI=1S/C22H35N3/c1-2-12-23(13-3-1)19-21-10-16-25(17-11-21)22-8-6-20(7-9-22)18-24-14-4-5-15-24/h6-9,21H,1-5,10-19H2. The summed E-state index contributed by atoms with van der Waals surface area (Å²) in [5.41, 5.74) is 2.91. The van der Waals surface area contributed by atoms with Crippen molar-refractivity contribution in [3.8, 4) is 0 Å². The molecule has 25 heavy (non-hydrogen) atoms. The molecule has 3 heteroatoms. The van der Waals surface area contributed by atoms with Gasteiger partial charge in [-0.3, -0.25) is 4.90 Å². The average molecular weight is 342 g/mol. The van der Waals surface area contributed by atoms with Crippen molar-refractivity contribution in [2.75, 3.05) is 50.7 Å². The lowest BCUT2D eigenvalue weighted by atomic mass is 9.95. The van der Waals surface area contributed by atoms with E-state index in [0.29, 0.717) is 0 Å². The summed E-state index contributed by atoms with van der Waals surface area (Å²) in [6.45, 7) is 10.2. The first-order valence-corrected chi connectivity index (χ1v) is 10.7. The number of nitrogens with zero attached hydrogens (tertiary/aromatic N) is 3. The average Bonchev–Trinajstić information content (AvgIpc) is 3.17. The van der Waals surface area contributed by atoms with Gasteiger partial charge in [0.25, 0.3) is 0 Å². The van der Waals surface area contributed by atoms with Gasteiger partial charge in [-0.25, -0.2) is 0 Å². The highest BCUT2D eigenvalue weighted by atomic mass is 15.2. The second-order valence-corrected chi connectivity index (χ2v) is 8.44. The Bertz CT molecular complexity index is 507. The molecule has 0 N–H and O–H groups in total. The van der Waals surface area contributed by atoms with Gasteiger partial charge in [0, 0.05) is 31.9 Å². The normalized spacial score (nSPS) is 24.1. The quantitative estimate of drug-likeness (QED) is 0.802. The van der Waals surface area contributed by atoms with Crippen molar-refractivity contribution in [1.29, 1.82) is 0 Å². The lowest BCUT2D eigenvalue weighted by molar-refractivity contribution is 0.181. The molecule has 0 atom stereocenters. The first kappa shape index (κ1) is 17.4. The van der Waals surface area contributed by atoms with Gasteiger partial charge in [0.15, 0.2) is 0 Å². The molecular formula is C22H35N3. The number of anilines is 1. The van der Waals surface area contributed by atoms with Crippen LogP contribution in [0.3, 0.4) is 0 Å². The Labute approximate surface area is 154 Å². The Morgan fingerprint density at radius 3 is 1.96 bits per heavy atom. The van der Waals surface area contributed by atoms with Gasteiger partial charge < -0.3 is 9.80 Å². The molecule has 0 aromatic heterocycles. The van der Waals surface area contributed by atoms with E-state index in [4.69, 9.17) is 0 Å². The zero-order chi connectivity index (χ0) is 16.9. The Morgan fingerprint density at radius 1 is 0.680 bits per heavy atom. The molecule has 0 unspecified atom stereocenters. The van der Waals surface area contributed by atoms with Gasteiger partial charge in [-0.15, -0.1) is 0 Å². The van der Waals surface area contributed by atoms with Crippen molar-refractivity contribution in [2.24, 2.45) is 5.92 Å². The van der Waals surface area contributed by atoms with E-state index in [1.54, 1.807) is 0 Å². The number of hydrogen-bond acceptors (Lipinski definition) is 3. The summed E-state index contributed by atoms with van der Waals surface area (Å²) in [6.07, 6.45) is 9.78. The van der Waals surface area contributed by atoms with Crippen LogP contribution in [0.4, 0.5) is 5.69 Å². The summed E-state index contributed by atoms with van der Waals surface area (Å²) in [4.78, 5) is 7.91. The predicted octanol–water partition coefficient (Wildman–Crippen LogP) is 3.98. The van der Waals surface area contributed by atoms with Crippen molar-refractivity contribution in [2.45, 2.75) is 51.5 Å². The minimum Gasteiger partial charge on any atom is -0.372 e. The van der Waals surface area contributed by atoms with E-state index in [0.717, 1.165) is 12.5 Å². The smallest absolute Gasteiger partial charge is 0.0366 e. The molecule has 3 saturated heterocycles. The molecule has 138 valence electrons. The molecule has 3 nitrogen and oxygen atoms in total. The molecule has 1 aromatic rings. The molecule has 0 saturated carbocycles. The predicted molar refractivity (Wildman–Crippen MR) is 106 cm³/mol. The minimum absolute atomic E-state index is 0.920. The van der Waals surface area contributed by atoms with Crippen molar-refractivity contribution in [3.05, 3.63) is 29.8 Å². The van der Waals surface area contributed by atoms with Crippen LogP contribution >= 0.6 is 0 Å². The van der Waals surface area contributed by atoms with Crippen LogP contribution in [-0.4, -0.2) is 55.6 Å². The maximum absolute atomic E-state index is 2.72. The molecule has 3 aliphatic rings. The topological polar surface area (TPSA) is 9.72 Å². The third-order valence-corrected chi connectivity index (χ3v) is 6.49. The number of hydrogen-bond donors (Lipinski definition) is 0. The van der Waals surface area contributed by atoms with Gasteiger partial charge >= 0.3 is 0 Å². The third kappa shape index (κ3) is 4.77. The number of piperidine rings is 2. The van der Waals surface area contributed by atoms with Crippen LogP contribution in [-0.2, 0) is 6.54 Å². The molecule has 4 rings (SSSR count). The number of benzene rings is 1. The second kappa shape index (κ2) is 8.55. The molecular weight excluding hydrogens is 306 g/mol. The number of likely N-dealkylation sites (tertiary alicyclic amines) is 2. The van der Waals surface area contributed by atoms with E-state index >= 15 is 0 Å². The first-order chi connectivity index (χ1) is 12.4. The minimum atomic E-state index is 0.920. The molecule has 3 aliphatic heterocycles. The summed E-state index contributed by atoms with van der Waals surface area (Å²) < 4.78 is 0. The SMILES string of the molecule is c1cc(N2CCC(CN3CCCCC3)CC2)ccc1CN1CCCC1. The Morgan fingerprint density at radius 2 is 1.28 bits per heavy atom. The maximum Gasteiger partial charge on any atom is 0.0366 e. The van der Waals surface area contributed by atoms with Crippen LogP contribution in [0.25, 0.3) is 0 Å². The van der Waals surface area contributed by atoms with Gasteiger partial charge in [0.1, 0.15) is 0 Å². The molecule has 0 bridgehead atoms. The molecule has 0 radical (unpaired) electrons. The summed E-state index contributed by atoms with van der Waals surface area (Å²) in [5, 5.41) is 0. The van der Waals surface area contributed by atoms with Crippen molar-refractivity contribution >= 4 is 5.69 Å². The van der Waals surface area contributed by atoms with Crippen LogP contribution < -0.4 is 4.90 Å². The molecule has 3 heterocycles. The fraction of sp³-hybridized carbons (Fsp3) is 0.727. The molecule has 0 amide bonds. The van der Waals surface area contributed by atoms with E-state index in [9.17, 15) is 0 Å². The van der Waals surface area contributed by atoms with Gasteiger partial charge in [0.2, 0.25) is 0 Å². The zero-order valence-electron chi connectivity index (χ0n) is 15.8. The van der Waals surface area contributed by atoms with Crippen LogP contribution in [0.1, 0.15) is 50.5 Å². The van der Waals surface area contributed by atoms with E-state index in [2.05, 4.69) is 39.0 Å². The monoisotopic (exact) mass is 341 g/mol. The van der Waals surface area contributed by atoms with Crippen molar-refractivity contribution < 1.29 is 0 Å². The summed E-state index contributed by atoms with van der Waals surface area (Å²) in [7, 11) is 0. The van der Waals surface area contributed by atoms with Crippen molar-refractivity contribution in [3.63, 3.8) is 0 Å². The Balaban J connectivity index is 1.24. The molecule has 0 aliphatic carbocycles. The Hall–Kier alpha value is -1.06. The first-order valence-electron chi connectivity index (χ1n) is 10.7. The van der Waals surface area contributed by atoms with Gasteiger partial charge in [-0.1, -0.05) is 18.6 Å². The van der Waals surface area contributed by atoms with E-state index in [1.807, 2.05) is 0 Å². The Kier molecular flexibility index (Phi) is 5.94. The summed E-state index contributed by atoms with van der Waals surface area (Å²) >= 11 is 0. The van der Waals surface area contributed by atoms with Gasteiger partial charge in [-0.05, 0) is 88.3 Å². The second-order valence-electron chi connectivity index (χ2n) is 8.44. The third-order valence-electron chi connectivity index (χ3n) is 6.49. The fourth-order valence-electron chi connectivity index (χ4n) is 4.89. The van der Waals surface area contributed by atoms with E-state index in [1.165, 1.54) is 102 Å². The van der Waals surface area contributed by atoms with Gasteiger partial charge in [-0.2, -0.15) is 0 Å². The highest BCUT2D eigenvalue weighted by Crippen LogP contribution is 2.25. The van der Waals surface area contributed by atoms with Crippen LogP contribution in [0, 0.1) is 5.92 Å². The molecule has 0 spiro atoms. The number of rotatable bonds is 5. The maximum atomic E-state index is 2.72. The molecule has 1 aromatic carbocycles. The van der Waals surface area contributed by atoms with E-state index < -0.39 is 0 Å². The molecule has 3 fully saturated rings. The van der Waals surface area contributed by atoms with E-state index in [-0.39, 0.29) is 0 Å². The van der Waals surface area contributed by atoms with Crippen LogP contribution in [0.5, 0.6) is 0 Å². The van der Waals surface area contributed by atoms with Gasteiger partial charge in [0.05, 0.1) is 0 Å². The summed E-state index contributed by atoms with van der Waals surface area (Å²) in [5.74, 6) is 0.920. The highest BCUT2D eigenvalue weighted by molar-refractivity contribution is 5.48. The van der Waals surface area contributed by atoms with Crippen molar-refractivity contribution in [1.82, 2.24) is 9.80 Å². The van der Waals surface area contributed by atoms with Crippen LogP contribution in [0.15, 0.2) is 24.3 Å². The largest absolute Gasteiger partial charge is 0.372 e. The fourth-order valence-corrected chi connectivity index (χ4v) is 4.89. The summed E-state index contributed by atoms with van der Waals surface area (Å²) in [6, 6.07) is 9.42. The zero-order valence-corrected chi connectivity index (χ0v) is 15.8. The lowest BCUT2D eigenvalue weighted by Crippen LogP contribution is -2.40. The lowest BCUT2D eigenvalue weighted by Gasteiger charge is -2.37. The van der Waals surface area contributed by atoms with Crippen LogP contribution in [0.2, 0.25) is 0 Å². The highest BCUT2D eigenvalue weighted by Gasteiger charge is 2.22.